The maximum atomic E-state index is 12.1. The molecule has 11 heteroatoms. The lowest BCUT2D eigenvalue weighted by Crippen LogP contribution is -2.13. The molecule has 0 fully saturated rings. The average molecular weight is 416 g/mol. The Balaban J connectivity index is 1.61. The van der Waals surface area contributed by atoms with Crippen LogP contribution in [0.25, 0.3) is 10.2 Å². The number of hydrogen-bond acceptors (Lipinski definition) is 11. The molecular weight excluding hydrogens is 396 g/mol. The van der Waals surface area contributed by atoms with E-state index in [2.05, 4.69) is 25.3 Å². The minimum absolute atomic E-state index is 0.119. The third-order valence-electron chi connectivity index (χ3n) is 3.87. The number of carbonyl (C=O) groups is 2. The second kappa shape index (κ2) is 9.24. The number of carbonyl (C=O) groups excluding carboxylic acids is 2. The van der Waals surface area contributed by atoms with Crippen molar-refractivity contribution in [1.29, 1.82) is 0 Å². The maximum absolute atomic E-state index is 12.1. The zero-order valence-electron chi connectivity index (χ0n) is 16.0. The number of aryl methyl sites for hydroxylation is 1. The first kappa shape index (κ1) is 20.4. The van der Waals surface area contributed by atoms with E-state index in [0.717, 1.165) is 0 Å². The highest BCUT2D eigenvalue weighted by atomic mass is 32.1. The van der Waals surface area contributed by atoms with E-state index in [1.54, 1.807) is 32.3 Å². The number of nitrogen functional groups attached to an aromatic ring is 1. The highest BCUT2D eigenvalue weighted by Gasteiger charge is 2.20. The van der Waals surface area contributed by atoms with Crippen molar-refractivity contribution < 1.29 is 19.1 Å². The van der Waals surface area contributed by atoms with Crippen LogP contribution < -0.4 is 11.1 Å². The number of aromatic nitrogens is 4. The molecule has 0 saturated carbocycles. The van der Waals surface area contributed by atoms with Crippen LogP contribution in [0.3, 0.4) is 0 Å². The molecule has 152 valence electrons. The first-order valence-corrected chi connectivity index (χ1v) is 9.70. The molecule has 29 heavy (non-hydrogen) atoms. The summed E-state index contributed by atoms with van der Waals surface area (Å²) in [4.78, 5) is 41.5. The van der Waals surface area contributed by atoms with Crippen LogP contribution in [0, 0.1) is 6.92 Å². The highest BCUT2D eigenvalue weighted by molar-refractivity contribution is 7.20. The van der Waals surface area contributed by atoms with Gasteiger partial charge in [-0.25, -0.2) is 24.7 Å². The number of anilines is 2. The fraction of sp³-hybridized carbons (Fsp3) is 0.333. The summed E-state index contributed by atoms with van der Waals surface area (Å²) in [6.45, 7) is 4.00. The monoisotopic (exact) mass is 416 g/mol. The molecule has 0 amide bonds. The number of nitrogens with zero attached hydrogens (tertiary/aromatic N) is 4. The third kappa shape index (κ3) is 4.93. The topological polar surface area (TPSA) is 142 Å². The Hall–Kier alpha value is -3.34. The molecule has 0 bridgehead atoms. The SMILES string of the molecule is CCOC(=O)c1sc2nc(COC(=O)CCNc3ncccn3)nc(N)c2c1C. The second-order valence-electron chi connectivity index (χ2n) is 5.89. The Labute approximate surface area is 170 Å². The Kier molecular flexibility index (Phi) is 6.50. The Bertz CT molecular complexity index is 1020. The molecule has 0 aliphatic heterocycles. The zero-order chi connectivity index (χ0) is 20.8. The molecule has 0 aliphatic carbocycles. The summed E-state index contributed by atoms with van der Waals surface area (Å²) in [6, 6.07) is 1.70. The summed E-state index contributed by atoms with van der Waals surface area (Å²) < 4.78 is 10.3. The van der Waals surface area contributed by atoms with E-state index in [4.69, 9.17) is 15.2 Å². The van der Waals surface area contributed by atoms with Crippen LogP contribution in [0.4, 0.5) is 11.8 Å². The van der Waals surface area contributed by atoms with Crippen LogP contribution in [0.2, 0.25) is 0 Å². The van der Waals surface area contributed by atoms with Crippen molar-refractivity contribution >= 4 is 45.3 Å². The number of nitrogens with two attached hydrogens (primary N) is 1. The Morgan fingerprint density at radius 2 is 1.97 bits per heavy atom. The largest absolute Gasteiger partial charge is 0.462 e. The molecule has 0 unspecified atom stereocenters. The number of thiophene rings is 1. The van der Waals surface area contributed by atoms with Crippen LogP contribution in [0.1, 0.15) is 34.4 Å². The molecule has 0 aromatic carbocycles. The van der Waals surface area contributed by atoms with Gasteiger partial charge >= 0.3 is 11.9 Å². The van der Waals surface area contributed by atoms with Crippen LogP contribution in [0.5, 0.6) is 0 Å². The summed E-state index contributed by atoms with van der Waals surface area (Å²) in [5.41, 5.74) is 6.71. The van der Waals surface area contributed by atoms with Gasteiger partial charge in [0.2, 0.25) is 5.95 Å². The number of esters is 2. The summed E-state index contributed by atoms with van der Waals surface area (Å²) in [5.74, 6) is 0.0838. The standard InChI is InChI=1S/C18H20N6O4S/c1-3-27-17(26)14-10(2)13-15(19)23-11(24-16(13)29-14)9-28-12(25)5-8-22-18-20-6-4-7-21-18/h4,6-7H,3,5,8-9H2,1-2H3,(H2,19,23,24)(H,20,21,22). The number of fused-ring (bicyclic) bond motifs is 1. The molecular formula is C18H20N6O4S. The molecule has 0 radical (unpaired) electrons. The van der Waals surface area contributed by atoms with Gasteiger partial charge in [0.05, 0.1) is 18.4 Å². The van der Waals surface area contributed by atoms with Gasteiger partial charge in [0, 0.05) is 18.9 Å². The quantitative estimate of drug-likeness (QED) is 0.524. The van der Waals surface area contributed by atoms with Crippen molar-refractivity contribution in [3.05, 3.63) is 34.7 Å². The molecule has 3 N–H and O–H groups in total. The zero-order valence-corrected chi connectivity index (χ0v) is 16.8. The highest BCUT2D eigenvalue weighted by Crippen LogP contribution is 2.33. The predicted molar refractivity (Wildman–Crippen MR) is 107 cm³/mol. The summed E-state index contributed by atoms with van der Waals surface area (Å²) in [5, 5.41) is 3.53. The summed E-state index contributed by atoms with van der Waals surface area (Å²) in [7, 11) is 0. The lowest BCUT2D eigenvalue weighted by atomic mass is 10.2. The molecule has 0 atom stereocenters. The van der Waals surface area contributed by atoms with E-state index in [1.165, 1.54) is 11.3 Å². The molecule has 3 heterocycles. The van der Waals surface area contributed by atoms with Crippen molar-refractivity contribution in [2.75, 3.05) is 24.2 Å². The van der Waals surface area contributed by atoms with Gasteiger partial charge in [-0.15, -0.1) is 11.3 Å². The molecule has 3 rings (SSSR count). The van der Waals surface area contributed by atoms with E-state index < -0.39 is 11.9 Å². The van der Waals surface area contributed by atoms with Crippen molar-refractivity contribution in [2.24, 2.45) is 0 Å². The van der Waals surface area contributed by atoms with Gasteiger partial charge in [-0.1, -0.05) is 0 Å². The first-order valence-electron chi connectivity index (χ1n) is 8.88. The fourth-order valence-electron chi connectivity index (χ4n) is 2.56. The smallest absolute Gasteiger partial charge is 0.348 e. The van der Waals surface area contributed by atoms with Gasteiger partial charge in [0.15, 0.2) is 12.4 Å². The molecule has 3 aromatic rings. The first-order chi connectivity index (χ1) is 14.0. The molecule has 0 spiro atoms. The van der Waals surface area contributed by atoms with Crippen LogP contribution in [-0.2, 0) is 20.9 Å². The molecule has 3 aromatic heterocycles. The van der Waals surface area contributed by atoms with Crippen LogP contribution in [-0.4, -0.2) is 45.0 Å². The lowest BCUT2D eigenvalue weighted by molar-refractivity contribution is -0.144. The number of nitrogens with one attached hydrogen (secondary N) is 1. The minimum Gasteiger partial charge on any atom is -0.462 e. The molecule has 0 aliphatic rings. The summed E-state index contributed by atoms with van der Waals surface area (Å²) in [6.07, 6.45) is 3.33. The van der Waals surface area contributed by atoms with E-state index >= 15 is 0 Å². The van der Waals surface area contributed by atoms with Gasteiger partial charge < -0.3 is 20.5 Å². The number of rotatable bonds is 8. The van der Waals surface area contributed by atoms with Crippen molar-refractivity contribution in [1.82, 2.24) is 19.9 Å². The number of ether oxygens (including phenoxy) is 2. The van der Waals surface area contributed by atoms with Crippen molar-refractivity contribution in [3.8, 4) is 0 Å². The van der Waals surface area contributed by atoms with Gasteiger partial charge in [0.25, 0.3) is 0 Å². The van der Waals surface area contributed by atoms with E-state index in [9.17, 15) is 9.59 Å². The minimum atomic E-state index is -0.426. The van der Waals surface area contributed by atoms with Crippen molar-refractivity contribution in [3.63, 3.8) is 0 Å². The van der Waals surface area contributed by atoms with Crippen molar-refractivity contribution in [2.45, 2.75) is 26.9 Å². The normalized spacial score (nSPS) is 10.7. The Morgan fingerprint density at radius 1 is 1.21 bits per heavy atom. The summed E-state index contributed by atoms with van der Waals surface area (Å²) >= 11 is 1.18. The van der Waals surface area contributed by atoms with Gasteiger partial charge in [0.1, 0.15) is 15.5 Å². The predicted octanol–water partition coefficient (Wildman–Crippen LogP) is 2.09. The Morgan fingerprint density at radius 3 is 2.69 bits per heavy atom. The van der Waals surface area contributed by atoms with E-state index in [0.29, 0.717) is 33.2 Å². The van der Waals surface area contributed by atoms with Crippen LogP contribution >= 0.6 is 11.3 Å². The van der Waals surface area contributed by atoms with Gasteiger partial charge in [-0.05, 0) is 25.5 Å². The van der Waals surface area contributed by atoms with E-state index in [1.807, 2.05) is 0 Å². The maximum Gasteiger partial charge on any atom is 0.348 e. The van der Waals surface area contributed by atoms with E-state index in [-0.39, 0.29) is 31.3 Å². The molecule has 10 nitrogen and oxygen atoms in total. The second-order valence-corrected chi connectivity index (χ2v) is 6.89. The van der Waals surface area contributed by atoms with Gasteiger partial charge in [-0.3, -0.25) is 4.79 Å². The number of hydrogen-bond donors (Lipinski definition) is 2. The lowest BCUT2D eigenvalue weighted by Gasteiger charge is -2.06. The molecule has 0 saturated heterocycles. The fourth-order valence-corrected chi connectivity index (χ4v) is 3.66. The average Bonchev–Trinajstić information content (AvgIpc) is 3.04. The third-order valence-corrected chi connectivity index (χ3v) is 5.03. The van der Waals surface area contributed by atoms with Crippen LogP contribution in [0.15, 0.2) is 18.5 Å². The van der Waals surface area contributed by atoms with Gasteiger partial charge in [-0.2, -0.15) is 0 Å².